The van der Waals surface area contributed by atoms with Crippen LogP contribution in [-0.2, 0) is 6.18 Å². The van der Waals surface area contributed by atoms with Gasteiger partial charge in [0, 0.05) is 5.38 Å². The van der Waals surface area contributed by atoms with E-state index in [4.69, 9.17) is 0 Å². The molecule has 0 radical (unpaired) electrons. The molecule has 1 aromatic heterocycles. The Morgan fingerprint density at radius 1 is 1.33 bits per heavy atom. The zero-order valence-corrected chi connectivity index (χ0v) is 12.2. The number of thiazole rings is 1. The Bertz CT molecular complexity index is 652. The highest BCUT2D eigenvalue weighted by atomic mass is 32.1. The molecule has 7 heteroatoms. The highest BCUT2D eigenvalue weighted by Gasteiger charge is 2.35. The summed E-state index contributed by atoms with van der Waals surface area (Å²) in [6, 6.07) is 4.27. The van der Waals surface area contributed by atoms with Gasteiger partial charge < -0.3 is 5.32 Å². The Kier molecular flexibility index (Phi) is 4.32. The van der Waals surface area contributed by atoms with Gasteiger partial charge in [-0.2, -0.15) is 13.2 Å². The third kappa shape index (κ3) is 3.60. The lowest BCUT2D eigenvalue weighted by molar-refractivity contribution is -0.137. The SMILES string of the molecule is Cc1nc(C(C)NC(=O)c2ccccc2C(F)(F)F)cs1. The quantitative estimate of drug-likeness (QED) is 0.931. The van der Waals surface area contributed by atoms with Gasteiger partial charge in [0.1, 0.15) is 0 Å². The van der Waals surface area contributed by atoms with E-state index in [9.17, 15) is 18.0 Å². The summed E-state index contributed by atoms with van der Waals surface area (Å²) in [4.78, 5) is 16.3. The van der Waals surface area contributed by atoms with Gasteiger partial charge in [-0.05, 0) is 26.0 Å². The number of benzene rings is 1. The lowest BCUT2D eigenvalue weighted by Gasteiger charge is -2.15. The summed E-state index contributed by atoms with van der Waals surface area (Å²) in [5.41, 5.74) is -0.691. The molecule has 21 heavy (non-hydrogen) atoms. The lowest BCUT2D eigenvalue weighted by Crippen LogP contribution is -2.29. The fourth-order valence-corrected chi connectivity index (χ4v) is 2.56. The van der Waals surface area contributed by atoms with E-state index in [1.807, 2.05) is 6.92 Å². The second-order valence-corrected chi connectivity index (χ2v) is 5.59. The van der Waals surface area contributed by atoms with Crippen LogP contribution in [0.1, 0.15) is 39.6 Å². The zero-order chi connectivity index (χ0) is 15.6. The van der Waals surface area contributed by atoms with Crippen LogP contribution in [0.3, 0.4) is 0 Å². The molecule has 1 heterocycles. The molecule has 0 fully saturated rings. The van der Waals surface area contributed by atoms with Crippen molar-refractivity contribution in [1.29, 1.82) is 0 Å². The average Bonchev–Trinajstić information content (AvgIpc) is 2.84. The van der Waals surface area contributed by atoms with Crippen LogP contribution in [0.5, 0.6) is 0 Å². The number of carbonyl (C=O) groups is 1. The molecule has 3 nitrogen and oxygen atoms in total. The van der Waals surface area contributed by atoms with Crippen LogP contribution in [-0.4, -0.2) is 10.9 Å². The molecule has 112 valence electrons. The first kappa shape index (κ1) is 15.5. The Morgan fingerprint density at radius 2 is 2.00 bits per heavy atom. The zero-order valence-electron chi connectivity index (χ0n) is 11.4. The molecule has 2 rings (SSSR count). The number of carbonyl (C=O) groups excluding carboxylic acids is 1. The van der Waals surface area contributed by atoms with Crippen molar-refractivity contribution in [2.24, 2.45) is 0 Å². The summed E-state index contributed by atoms with van der Waals surface area (Å²) in [6.07, 6.45) is -4.56. The monoisotopic (exact) mass is 314 g/mol. The van der Waals surface area contributed by atoms with Gasteiger partial charge >= 0.3 is 6.18 Å². The molecule has 1 aromatic carbocycles. The molecule has 1 N–H and O–H groups in total. The van der Waals surface area contributed by atoms with Crippen LogP contribution in [0, 0.1) is 6.92 Å². The summed E-state index contributed by atoms with van der Waals surface area (Å²) >= 11 is 1.42. The largest absolute Gasteiger partial charge is 0.417 e. The minimum absolute atomic E-state index is 0.385. The predicted octanol–water partition coefficient (Wildman–Crippen LogP) is 3.96. The van der Waals surface area contributed by atoms with Crippen molar-refractivity contribution in [2.75, 3.05) is 0 Å². The van der Waals surface area contributed by atoms with Gasteiger partial charge in [-0.1, -0.05) is 12.1 Å². The van der Waals surface area contributed by atoms with Gasteiger partial charge in [0.05, 0.1) is 27.9 Å². The van der Waals surface area contributed by atoms with E-state index in [1.165, 1.54) is 23.5 Å². The van der Waals surface area contributed by atoms with E-state index in [2.05, 4.69) is 10.3 Å². The van der Waals surface area contributed by atoms with Gasteiger partial charge in [0.2, 0.25) is 0 Å². The first-order valence-electron chi connectivity index (χ1n) is 6.18. The van der Waals surface area contributed by atoms with Crippen molar-refractivity contribution >= 4 is 17.2 Å². The summed E-state index contributed by atoms with van der Waals surface area (Å²) in [5.74, 6) is -0.763. The van der Waals surface area contributed by atoms with Gasteiger partial charge in [0.15, 0.2) is 0 Å². The predicted molar refractivity (Wildman–Crippen MR) is 74.2 cm³/mol. The summed E-state index contributed by atoms with van der Waals surface area (Å²) < 4.78 is 38.6. The first-order valence-corrected chi connectivity index (χ1v) is 7.06. The maximum Gasteiger partial charge on any atom is 0.417 e. The second-order valence-electron chi connectivity index (χ2n) is 4.53. The molecule has 2 aromatic rings. The van der Waals surface area contributed by atoms with Crippen molar-refractivity contribution in [3.63, 3.8) is 0 Å². The van der Waals surface area contributed by atoms with E-state index in [1.54, 1.807) is 12.3 Å². The standard InChI is InChI=1S/C14H13F3N2OS/c1-8(12-7-21-9(2)19-12)18-13(20)10-5-3-4-6-11(10)14(15,16)17/h3-8H,1-2H3,(H,18,20). The van der Waals surface area contributed by atoms with Gasteiger partial charge in [-0.15, -0.1) is 11.3 Å². The Morgan fingerprint density at radius 3 is 2.57 bits per heavy atom. The number of aromatic nitrogens is 1. The number of aryl methyl sites for hydroxylation is 1. The highest BCUT2D eigenvalue weighted by molar-refractivity contribution is 7.09. The maximum atomic E-state index is 12.9. The third-order valence-corrected chi connectivity index (χ3v) is 3.70. The Balaban J connectivity index is 2.21. The average molecular weight is 314 g/mol. The first-order chi connectivity index (χ1) is 9.79. The third-order valence-electron chi connectivity index (χ3n) is 2.91. The fraction of sp³-hybridized carbons (Fsp3) is 0.286. The van der Waals surface area contributed by atoms with Crippen molar-refractivity contribution in [2.45, 2.75) is 26.1 Å². The van der Waals surface area contributed by atoms with Crippen molar-refractivity contribution < 1.29 is 18.0 Å². The van der Waals surface area contributed by atoms with Gasteiger partial charge in [-0.3, -0.25) is 4.79 Å². The molecule has 0 saturated heterocycles. The van der Waals surface area contributed by atoms with Crippen molar-refractivity contribution in [3.05, 3.63) is 51.5 Å². The van der Waals surface area contributed by atoms with Crippen LogP contribution in [0.15, 0.2) is 29.6 Å². The number of nitrogens with zero attached hydrogens (tertiary/aromatic N) is 1. The Hall–Kier alpha value is -1.89. The van der Waals surface area contributed by atoms with Crippen LogP contribution in [0.4, 0.5) is 13.2 Å². The van der Waals surface area contributed by atoms with Gasteiger partial charge in [0.25, 0.3) is 5.91 Å². The van der Waals surface area contributed by atoms with Crippen molar-refractivity contribution in [1.82, 2.24) is 10.3 Å². The summed E-state index contributed by atoms with van der Waals surface area (Å²) in [7, 11) is 0. The molecule has 1 amide bonds. The molecule has 0 aliphatic heterocycles. The second kappa shape index (κ2) is 5.85. The number of hydrogen-bond acceptors (Lipinski definition) is 3. The number of alkyl halides is 3. The van der Waals surface area contributed by atoms with Crippen LogP contribution >= 0.6 is 11.3 Å². The van der Waals surface area contributed by atoms with E-state index in [0.29, 0.717) is 5.69 Å². The minimum Gasteiger partial charge on any atom is -0.344 e. The number of nitrogens with one attached hydrogen (secondary N) is 1. The molecule has 1 atom stereocenters. The van der Waals surface area contributed by atoms with E-state index >= 15 is 0 Å². The molecule has 0 bridgehead atoms. The number of rotatable bonds is 3. The molecule has 0 aliphatic rings. The number of hydrogen-bond donors (Lipinski definition) is 1. The van der Waals surface area contributed by atoms with Crippen molar-refractivity contribution in [3.8, 4) is 0 Å². The minimum atomic E-state index is -4.56. The van der Waals surface area contributed by atoms with Crippen LogP contribution in [0.25, 0.3) is 0 Å². The molecule has 0 spiro atoms. The Labute approximate surface area is 123 Å². The van der Waals surface area contributed by atoms with Gasteiger partial charge in [-0.25, -0.2) is 4.98 Å². The maximum absolute atomic E-state index is 12.9. The number of amides is 1. The van der Waals surface area contributed by atoms with E-state index in [0.717, 1.165) is 17.1 Å². The molecular formula is C14H13F3N2OS. The van der Waals surface area contributed by atoms with Crippen LogP contribution < -0.4 is 5.32 Å². The molecule has 0 aliphatic carbocycles. The van der Waals surface area contributed by atoms with E-state index < -0.39 is 23.7 Å². The smallest absolute Gasteiger partial charge is 0.344 e. The summed E-state index contributed by atoms with van der Waals surface area (Å²) in [6.45, 7) is 3.50. The highest BCUT2D eigenvalue weighted by Crippen LogP contribution is 2.32. The topological polar surface area (TPSA) is 42.0 Å². The molecule has 0 saturated carbocycles. The lowest BCUT2D eigenvalue weighted by atomic mass is 10.1. The molecular weight excluding hydrogens is 301 g/mol. The number of halogens is 3. The van der Waals surface area contributed by atoms with E-state index in [-0.39, 0.29) is 5.56 Å². The normalized spacial score (nSPS) is 13.0. The summed E-state index contributed by atoms with van der Waals surface area (Å²) in [5, 5.41) is 5.15. The van der Waals surface area contributed by atoms with Crippen LogP contribution in [0.2, 0.25) is 0 Å². The fourth-order valence-electron chi connectivity index (χ4n) is 1.86. The molecule has 1 unspecified atom stereocenters.